The van der Waals surface area contributed by atoms with Crippen LogP contribution in [0.3, 0.4) is 0 Å². The van der Waals surface area contributed by atoms with Crippen molar-refractivity contribution in [2.24, 2.45) is 0 Å². The summed E-state index contributed by atoms with van der Waals surface area (Å²) in [5, 5.41) is 6.03. The molecule has 1 unspecified atom stereocenters. The number of halogens is 1. The molecule has 1 saturated heterocycles. The van der Waals surface area contributed by atoms with Gasteiger partial charge in [0.1, 0.15) is 0 Å². The highest BCUT2D eigenvalue weighted by Crippen LogP contribution is 2.22. The predicted molar refractivity (Wildman–Crippen MR) is 91.4 cm³/mol. The molecular weight excluding hydrogens is 354 g/mol. The quantitative estimate of drug-likeness (QED) is 0.687. The van der Waals surface area contributed by atoms with Crippen molar-refractivity contribution >= 4 is 28.3 Å². The molecule has 0 bridgehead atoms. The Hall–Kier alpha value is -1.19. The maximum Gasteiger partial charge on any atom is 0.241 e. The Morgan fingerprint density at radius 1 is 1.29 bits per heavy atom. The first-order valence-electron chi connectivity index (χ1n) is 7.74. The number of fused-ring (bicyclic) bond motifs is 1. The van der Waals surface area contributed by atoms with E-state index in [-0.39, 0.29) is 35.8 Å². The first-order chi connectivity index (χ1) is 11.0. The second-order valence-electron chi connectivity index (χ2n) is 5.86. The Bertz CT molecular complexity index is 690. The first kappa shape index (κ1) is 19.1. The molecule has 0 aromatic heterocycles. The van der Waals surface area contributed by atoms with Crippen LogP contribution in [-0.4, -0.2) is 40.0 Å². The lowest BCUT2D eigenvalue weighted by Gasteiger charge is -2.23. The molecule has 3 N–H and O–H groups in total. The summed E-state index contributed by atoms with van der Waals surface area (Å²) in [6.07, 6.45) is 1.92. The molecular formula is C15H22ClN3O4S. The number of rotatable bonds is 5. The molecule has 134 valence electrons. The van der Waals surface area contributed by atoms with Gasteiger partial charge in [0.2, 0.25) is 15.9 Å². The summed E-state index contributed by atoms with van der Waals surface area (Å²) in [6, 6.07) is 4.97. The Balaban J connectivity index is 0.00000208. The summed E-state index contributed by atoms with van der Waals surface area (Å²) >= 11 is 0. The second-order valence-corrected chi connectivity index (χ2v) is 7.63. The van der Waals surface area contributed by atoms with Crippen molar-refractivity contribution in [3.63, 3.8) is 0 Å². The number of hydrogen-bond acceptors (Lipinski definition) is 5. The number of sulfonamides is 1. The molecule has 1 atom stereocenters. The smallest absolute Gasteiger partial charge is 0.241 e. The van der Waals surface area contributed by atoms with Crippen LogP contribution in [0.2, 0.25) is 0 Å². The van der Waals surface area contributed by atoms with Gasteiger partial charge in [0.05, 0.1) is 24.7 Å². The Morgan fingerprint density at radius 3 is 2.83 bits per heavy atom. The number of carbonyl (C=O) groups is 1. The van der Waals surface area contributed by atoms with Crippen LogP contribution in [0.5, 0.6) is 0 Å². The van der Waals surface area contributed by atoms with Crippen LogP contribution >= 0.6 is 12.4 Å². The standard InChI is InChI=1S/C15H21N3O4S.ClH/c19-15(18-13-2-1-5-16-7-13)8-17-23(20,21)14-4-3-11-9-22-10-12(11)6-14;/h3-4,6,13,16-17H,1-2,5,7-10H2,(H,18,19);1H. The fourth-order valence-corrected chi connectivity index (χ4v) is 3.85. The van der Waals surface area contributed by atoms with Crippen LogP contribution in [0.15, 0.2) is 23.1 Å². The lowest BCUT2D eigenvalue weighted by molar-refractivity contribution is -0.120. The lowest BCUT2D eigenvalue weighted by atomic mass is 10.1. The van der Waals surface area contributed by atoms with Crippen molar-refractivity contribution in [3.05, 3.63) is 29.3 Å². The van der Waals surface area contributed by atoms with Crippen molar-refractivity contribution in [2.75, 3.05) is 19.6 Å². The Morgan fingerprint density at radius 2 is 2.08 bits per heavy atom. The molecule has 0 saturated carbocycles. The minimum Gasteiger partial charge on any atom is -0.372 e. The summed E-state index contributed by atoms with van der Waals surface area (Å²) in [4.78, 5) is 12.1. The third-order valence-electron chi connectivity index (χ3n) is 4.09. The number of amides is 1. The fraction of sp³-hybridized carbons (Fsp3) is 0.533. The van der Waals surface area contributed by atoms with Gasteiger partial charge >= 0.3 is 0 Å². The molecule has 0 radical (unpaired) electrons. The third-order valence-corrected chi connectivity index (χ3v) is 5.49. The van der Waals surface area contributed by atoms with E-state index in [4.69, 9.17) is 4.74 Å². The third kappa shape index (κ3) is 4.67. The molecule has 24 heavy (non-hydrogen) atoms. The molecule has 2 aliphatic rings. The van der Waals surface area contributed by atoms with Crippen LogP contribution in [0.4, 0.5) is 0 Å². The molecule has 9 heteroatoms. The molecule has 2 heterocycles. The van der Waals surface area contributed by atoms with Crippen molar-refractivity contribution < 1.29 is 17.9 Å². The van der Waals surface area contributed by atoms with Gasteiger partial charge in [-0.25, -0.2) is 13.1 Å². The maximum atomic E-state index is 12.3. The summed E-state index contributed by atoms with van der Waals surface area (Å²) in [6.45, 7) is 2.37. The number of benzene rings is 1. The van der Waals surface area contributed by atoms with Gasteiger partial charge in [0.15, 0.2) is 0 Å². The average molecular weight is 376 g/mol. The van der Waals surface area contributed by atoms with Crippen molar-refractivity contribution in [1.82, 2.24) is 15.4 Å². The van der Waals surface area contributed by atoms with Crippen LogP contribution in [0.1, 0.15) is 24.0 Å². The van der Waals surface area contributed by atoms with Crippen LogP contribution in [0, 0.1) is 0 Å². The number of carbonyl (C=O) groups excluding carboxylic acids is 1. The van der Waals surface area contributed by atoms with Crippen molar-refractivity contribution in [1.29, 1.82) is 0 Å². The van der Waals surface area contributed by atoms with E-state index in [1.165, 1.54) is 0 Å². The number of hydrogen-bond donors (Lipinski definition) is 3. The van der Waals surface area contributed by atoms with Gasteiger partial charge in [0, 0.05) is 12.6 Å². The van der Waals surface area contributed by atoms with Crippen LogP contribution < -0.4 is 15.4 Å². The summed E-state index contributed by atoms with van der Waals surface area (Å²) < 4.78 is 32.2. The van der Waals surface area contributed by atoms with E-state index in [1.54, 1.807) is 18.2 Å². The normalized spacial score (nSPS) is 20.1. The molecule has 0 aliphatic carbocycles. The molecule has 1 aromatic carbocycles. The zero-order valence-corrected chi connectivity index (χ0v) is 14.8. The lowest BCUT2D eigenvalue weighted by Crippen LogP contribution is -2.48. The topological polar surface area (TPSA) is 96.5 Å². The number of ether oxygens (including phenoxy) is 1. The average Bonchev–Trinajstić information content (AvgIpc) is 3.02. The van der Waals surface area contributed by atoms with E-state index in [1.807, 2.05) is 0 Å². The highest BCUT2D eigenvalue weighted by Gasteiger charge is 2.21. The second kappa shape index (κ2) is 8.26. The van der Waals surface area contributed by atoms with Crippen LogP contribution in [-0.2, 0) is 32.8 Å². The van der Waals surface area contributed by atoms with Gasteiger partial charge in [-0.2, -0.15) is 0 Å². The minimum absolute atomic E-state index is 0. The van der Waals surface area contributed by atoms with Crippen LogP contribution in [0.25, 0.3) is 0 Å². The van der Waals surface area contributed by atoms with E-state index in [0.717, 1.165) is 37.1 Å². The number of nitrogens with one attached hydrogen (secondary N) is 3. The molecule has 1 aromatic rings. The summed E-state index contributed by atoms with van der Waals surface area (Å²) in [5.74, 6) is -0.313. The largest absolute Gasteiger partial charge is 0.372 e. The highest BCUT2D eigenvalue weighted by atomic mass is 35.5. The van der Waals surface area contributed by atoms with E-state index in [2.05, 4.69) is 15.4 Å². The van der Waals surface area contributed by atoms with Gasteiger partial charge in [0.25, 0.3) is 0 Å². The van der Waals surface area contributed by atoms with Gasteiger partial charge in [-0.15, -0.1) is 12.4 Å². The zero-order chi connectivity index (χ0) is 16.3. The highest BCUT2D eigenvalue weighted by molar-refractivity contribution is 7.89. The molecule has 1 fully saturated rings. The van der Waals surface area contributed by atoms with E-state index >= 15 is 0 Å². The maximum absolute atomic E-state index is 12.3. The molecule has 1 amide bonds. The Kier molecular flexibility index (Phi) is 6.59. The molecule has 3 rings (SSSR count). The molecule has 7 nitrogen and oxygen atoms in total. The van der Waals surface area contributed by atoms with Gasteiger partial charge < -0.3 is 15.4 Å². The molecule has 2 aliphatic heterocycles. The first-order valence-corrected chi connectivity index (χ1v) is 9.22. The summed E-state index contributed by atoms with van der Waals surface area (Å²) in [5.41, 5.74) is 1.89. The van der Waals surface area contributed by atoms with Crippen molar-refractivity contribution in [3.8, 4) is 0 Å². The Labute approximate surface area is 148 Å². The molecule has 0 spiro atoms. The van der Waals surface area contributed by atoms with Gasteiger partial charge in [-0.3, -0.25) is 4.79 Å². The summed E-state index contributed by atoms with van der Waals surface area (Å²) in [7, 11) is -3.70. The van der Waals surface area contributed by atoms with Gasteiger partial charge in [-0.05, 0) is 42.6 Å². The van der Waals surface area contributed by atoms with Gasteiger partial charge in [-0.1, -0.05) is 6.07 Å². The van der Waals surface area contributed by atoms with E-state index in [0.29, 0.717) is 13.2 Å². The van der Waals surface area contributed by atoms with E-state index in [9.17, 15) is 13.2 Å². The SMILES string of the molecule is Cl.O=C(CNS(=O)(=O)c1ccc2c(c1)COC2)NC1CCCNC1. The van der Waals surface area contributed by atoms with E-state index < -0.39 is 10.0 Å². The number of piperidine rings is 1. The predicted octanol–water partition coefficient (Wildman–Crippen LogP) is 0.285. The fourth-order valence-electron chi connectivity index (χ4n) is 2.81. The zero-order valence-electron chi connectivity index (χ0n) is 13.2. The van der Waals surface area contributed by atoms with Crippen molar-refractivity contribution in [2.45, 2.75) is 37.0 Å². The monoisotopic (exact) mass is 375 g/mol. The minimum atomic E-state index is -3.70.